The molecule has 0 bridgehead atoms. The first kappa shape index (κ1) is 12.5. The third-order valence-electron chi connectivity index (χ3n) is 3.19. The molecular formula is C12H16FNO2S. The second kappa shape index (κ2) is 4.74. The summed E-state index contributed by atoms with van der Waals surface area (Å²) < 4.78 is 38.7. The fourth-order valence-electron chi connectivity index (χ4n) is 1.98. The molecule has 1 aliphatic heterocycles. The van der Waals surface area contributed by atoms with Gasteiger partial charge in [0.25, 0.3) is 0 Å². The third-order valence-corrected chi connectivity index (χ3v) is 5.11. The van der Waals surface area contributed by atoms with Gasteiger partial charge < -0.3 is 0 Å². The Balaban J connectivity index is 2.21. The SMILES string of the molecule is CC1CCN(S(=O)(=O)c2ccc(F)cc2)CC1. The van der Waals surface area contributed by atoms with Crippen LogP contribution < -0.4 is 0 Å². The molecule has 3 nitrogen and oxygen atoms in total. The number of benzene rings is 1. The predicted molar refractivity (Wildman–Crippen MR) is 63.6 cm³/mol. The van der Waals surface area contributed by atoms with E-state index in [2.05, 4.69) is 6.92 Å². The molecule has 0 N–H and O–H groups in total. The van der Waals surface area contributed by atoms with Crippen LogP contribution in [-0.2, 0) is 10.0 Å². The molecule has 0 aromatic heterocycles. The number of nitrogens with zero attached hydrogens (tertiary/aromatic N) is 1. The molecule has 17 heavy (non-hydrogen) atoms. The lowest BCUT2D eigenvalue weighted by atomic mass is 10.0. The minimum absolute atomic E-state index is 0.174. The van der Waals surface area contributed by atoms with E-state index in [1.165, 1.54) is 28.6 Å². The van der Waals surface area contributed by atoms with Crippen molar-refractivity contribution >= 4 is 10.0 Å². The molecule has 0 spiro atoms. The molecule has 1 fully saturated rings. The monoisotopic (exact) mass is 257 g/mol. The molecule has 0 unspecified atom stereocenters. The third kappa shape index (κ3) is 2.66. The van der Waals surface area contributed by atoms with Crippen LogP contribution >= 0.6 is 0 Å². The van der Waals surface area contributed by atoms with Crippen LogP contribution in [0.15, 0.2) is 29.2 Å². The van der Waals surface area contributed by atoms with Gasteiger partial charge in [-0.3, -0.25) is 0 Å². The van der Waals surface area contributed by atoms with Crippen LogP contribution in [0.25, 0.3) is 0 Å². The molecule has 1 aromatic rings. The van der Waals surface area contributed by atoms with E-state index in [-0.39, 0.29) is 4.90 Å². The van der Waals surface area contributed by atoms with Gasteiger partial charge in [-0.15, -0.1) is 0 Å². The molecule has 0 saturated carbocycles. The Bertz CT molecular complexity index is 476. The van der Waals surface area contributed by atoms with E-state index < -0.39 is 15.8 Å². The van der Waals surface area contributed by atoms with Crippen LogP contribution in [0.4, 0.5) is 4.39 Å². The molecule has 1 aromatic carbocycles. The molecule has 0 aliphatic carbocycles. The molecule has 2 rings (SSSR count). The van der Waals surface area contributed by atoms with Gasteiger partial charge in [0.05, 0.1) is 4.90 Å². The van der Waals surface area contributed by atoms with E-state index in [0.29, 0.717) is 19.0 Å². The van der Waals surface area contributed by atoms with Crippen molar-refractivity contribution in [3.05, 3.63) is 30.1 Å². The summed E-state index contributed by atoms with van der Waals surface area (Å²) in [5, 5.41) is 0. The van der Waals surface area contributed by atoms with Crippen LogP contribution in [-0.4, -0.2) is 25.8 Å². The standard InChI is InChI=1S/C12H16FNO2S/c1-10-6-8-14(9-7-10)17(15,16)12-4-2-11(13)3-5-12/h2-5,10H,6-9H2,1H3. The lowest BCUT2D eigenvalue weighted by Gasteiger charge is -2.29. The van der Waals surface area contributed by atoms with Crippen LogP contribution in [0.5, 0.6) is 0 Å². The Hall–Kier alpha value is -0.940. The van der Waals surface area contributed by atoms with E-state index >= 15 is 0 Å². The summed E-state index contributed by atoms with van der Waals surface area (Å²) in [6, 6.07) is 5.00. The van der Waals surface area contributed by atoms with Gasteiger partial charge in [-0.1, -0.05) is 6.92 Å². The zero-order valence-corrected chi connectivity index (χ0v) is 10.6. The Morgan fingerprint density at radius 1 is 1.18 bits per heavy atom. The van der Waals surface area contributed by atoms with E-state index in [4.69, 9.17) is 0 Å². The van der Waals surface area contributed by atoms with Gasteiger partial charge in [-0.2, -0.15) is 4.31 Å². The zero-order valence-electron chi connectivity index (χ0n) is 9.77. The quantitative estimate of drug-likeness (QED) is 0.815. The van der Waals surface area contributed by atoms with Gasteiger partial charge >= 0.3 is 0 Å². The number of hydrogen-bond acceptors (Lipinski definition) is 2. The molecule has 0 amide bonds. The van der Waals surface area contributed by atoms with Crippen molar-refractivity contribution in [1.29, 1.82) is 0 Å². The minimum Gasteiger partial charge on any atom is -0.207 e. The Kier molecular flexibility index (Phi) is 3.49. The summed E-state index contributed by atoms with van der Waals surface area (Å²) in [6.45, 7) is 3.24. The topological polar surface area (TPSA) is 37.4 Å². The highest BCUT2D eigenvalue weighted by Gasteiger charge is 2.27. The van der Waals surface area contributed by atoms with Gasteiger partial charge in [0.1, 0.15) is 5.82 Å². The maximum absolute atomic E-state index is 12.8. The first-order valence-electron chi connectivity index (χ1n) is 5.76. The van der Waals surface area contributed by atoms with Gasteiger partial charge in [-0.05, 0) is 43.0 Å². The van der Waals surface area contributed by atoms with Crippen molar-refractivity contribution in [1.82, 2.24) is 4.31 Å². The van der Waals surface area contributed by atoms with Crippen molar-refractivity contribution in [2.75, 3.05) is 13.1 Å². The molecule has 1 saturated heterocycles. The fraction of sp³-hybridized carbons (Fsp3) is 0.500. The van der Waals surface area contributed by atoms with Crippen LogP contribution in [0.2, 0.25) is 0 Å². The zero-order chi connectivity index (χ0) is 12.5. The van der Waals surface area contributed by atoms with Crippen molar-refractivity contribution in [2.45, 2.75) is 24.7 Å². The van der Waals surface area contributed by atoms with Crippen LogP contribution in [0.3, 0.4) is 0 Å². The number of hydrogen-bond donors (Lipinski definition) is 0. The Morgan fingerprint density at radius 2 is 1.71 bits per heavy atom. The minimum atomic E-state index is -3.44. The smallest absolute Gasteiger partial charge is 0.207 e. The van der Waals surface area contributed by atoms with Crippen LogP contribution in [0, 0.1) is 11.7 Å². The first-order valence-corrected chi connectivity index (χ1v) is 7.20. The molecule has 0 radical (unpaired) electrons. The molecule has 94 valence electrons. The summed E-state index contributed by atoms with van der Waals surface area (Å²) in [5.41, 5.74) is 0. The highest BCUT2D eigenvalue weighted by molar-refractivity contribution is 7.89. The maximum atomic E-state index is 12.8. The average molecular weight is 257 g/mol. The van der Waals surface area contributed by atoms with E-state index in [0.717, 1.165) is 12.8 Å². The van der Waals surface area contributed by atoms with Gasteiger partial charge in [0.15, 0.2) is 0 Å². The summed E-state index contributed by atoms with van der Waals surface area (Å²) in [5.74, 6) is 0.158. The normalized spacial score (nSPS) is 19.4. The molecule has 1 heterocycles. The number of piperidine rings is 1. The van der Waals surface area contributed by atoms with Crippen molar-refractivity contribution < 1.29 is 12.8 Å². The lowest BCUT2D eigenvalue weighted by Crippen LogP contribution is -2.37. The van der Waals surface area contributed by atoms with Gasteiger partial charge in [0, 0.05) is 13.1 Å². The highest BCUT2D eigenvalue weighted by Crippen LogP contribution is 2.23. The summed E-state index contributed by atoms with van der Waals surface area (Å²) in [4.78, 5) is 0.174. The van der Waals surface area contributed by atoms with Crippen molar-refractivity contribution in [3.63, 3.8) is 0 Å². The van der Waals surface area contributed by atoms with Crippen molar-refractivity contribution in [3.8, 4) is 0 Å². The highest BCUT2D eigenvalue weighted by atomic mass is 32.2. The van der Waals surface area contributed by atoms with E-state index in [1.54, 1.807) is 0 Å². The molecular weight excluding hydrogens is 241 g/mol. The largest absolute Gasteiger partial charge is 0.243 e. The second-order valence-corrected chi connectivity index (χ2v) is 6.48. The summed E-state index contributed by atoms with van der Waals surface area (Å²) >= 11 is 0. The van der Waals surface area contributed by atoms with Gasteiger partial charge in [0.2, 0.25) is 10.0 Å². The van der Waals surface area contributed by atoms with Crippen LogP contribution in [0.1, 0.15) is 19.8 Å². The maximum Gasteiger partial charge on any atom is 0.243 e. The molecule has 5 heteroatoms. The molecule has 1 aliphatic rings. The Morgan fingerprint density at radius 3 is 2.24 bits per heavy atom. The van der Waals surface area contributed by atoms with Gasteiger partial charge in [-0.25, -0.2) is 12.8 Å². The summed E-state index contributed by atoms with van der Waals surface area (Å²) in [7, 11) is -3.44. The van der Waals surface area contributed by atoms with E-state index in [1.807, 2.05) is 0 Å². The predicted octanol–water partition coefficient (Wildman–Crippen LogP) is 2.25. The number of halogens is 1. The number of rotatable bonds is 2. The average Bonchev–Trinajstić information content (AvgIpc) is 2.30. The fourth-order valence-corrected chi connectivity index (χ4v) is 3.45. The summed E-state index contributed by atoms with van der Waals surface area (Å²) in [6.07, 6.45) is 1.78. The Labute approximate surface area is 101 Å². The van der Waals surface area contributed by atoms with E-state index in [9.17, 15) is 12.8 Å². The molecule has 0 atom stereocenters. The number of sulfonamides is 1. The first-order chi connectivity index (χ1) is 8.00. The lowest BCUT2D eigenvalue weighted by molar-refractivity contribution is 0.288. The second-order valence-electron chi connectivity index (χ2n) is 4.54. The van der Waals surface area contributed by atoms with Crippen molar-refractivity contribution in [2.24, 2.45) is 5.92 Å².